The number of aryl methyl sites for hydroxylation is 2. The van der Waals surface area contributed by atoms with Crippen LogP contribution in [0.25, 0.3) is 5.69 Å². The Morgan fingerprint density at radius 3 is 2.35 bits per heavy atom. The smallest absolute Gasteiger partial charge is 0.255 e. The summed E-state index contributed by atoms with van der Waals surface area (Å²) < 4.78 is 1.86. The normalized spacial score (nSPS) is 11.0. The molecule has 0 aliphatic heterocycles. The molecular formula is C21H24N4O. The Bertz CT molecular complexity index is 897. The van der Waals surface area contributed by atoms with E-state index >= 15 is 0 Å². The van der Waals surface area contributed by atoms with Crippen LogP contribution in [-0.4, -0.2) is 20.7 Å². The highest BCUT2D eigenvalue weighted by atomic mass is 16.1. The minimum Gasteiger partial charge on any atom is -0.321 e. The lowest BCUT2D eigenvalue weighted by molar-refractivity contribution is 0.102. The number of rotatable bonds is 5. The van der Waals surface area contributed by atoms with E-state index in [9.17, 15) is 4.79 Å². The number of carbonyl (C=O) groups excluding carboxylic acids is 1. The first kappa shape index (κ1) is 17.9. The molecule has 1 N–H and O–H groups in total. The van der Waals surface area contributed by atoms with E-state index in [0.717, 1.165) is 28.9 Å². The molecule has 0 aliphatic rings. The quantitative estimate of drug-likeness (QED) is 0.738. The van der Waals surface area contributed by atoms with Crippen LogP contribution in [0.1, 0.15) is 53.7 Å². The van der Waals surface area contributed by atoms with E-state index in [1.165, 1.54) is 5.56 Å². The lowest BCUT2D eigenvalue weighted by Crippen LogP contribution is -2.15. The molecule has 1 aromatic heterocycles. The maximum atomic E-state index is 12.7. The minimum atomic E-state index is -0.0878. The SMILES string of the molecule is CCc1cc(-n2cnnc2)cc(C)c1NC(=O)c1ccc(C(C)C)cc1. The van der Waals surface area contributed by atoms with Gasteiger partial charge < -0.3 is 5.32 Å². The van der Waals surface area contributed by atoms with Crippen molar-refractivity contribution in [3.8, 4) is 5.69 Å². The highest BCUT2D eigenvalue weighted by molar-refractivity contribution is 6.05. The molecule has 0 aliphatic carbocycles. The van der Waals surface area contributed by atoms with Crippen molar-refractivity contribution in [2.75, 3.05) is 5.32 Å². The van der Waals surface area contributed by atoms with Gasteiger partial charge in [-0.1, -0.05) is 32.9 Å². The summed E-state index contributed by atoms with van der Waals surface area (Å²) in [5.41, 5.74) is 5.86. The largest absolute Gasteiger partial charge is 0.321 e. The third-order valence-electron chi connectivity index (χ3n) is 4.58. The molecule has 1 amide bonds. The van der Waals surface area contributed by atoms with Gasteiger partial charge in [0.05, 0.1) is 0 Å². The second kappa shape index (κ2) is 7.52. The lowest BCUT2D eigenvalue weighted by atomic mass is 10.0. The molecule has 0 spiro atoms. The third kappa shape index (κ3) is 3.67. The van der Waals surface area contributed by atoms with Gasteiger partial charge in [-0.25, -0.2) is 0 Å². The fourth-order valence-electron chi connectivity index (χ4n) is 2.99. The van der Waals surface area contributed by atoms with Crippen molar-refractivity contribution in [1.29, 1.82) is 0 Å². The zero-order valence-electron chi connectivity index (χ0n) is 15.7. The minimum absolute atomic E-state index is 0.0878. The number of carbonyl (C=O) groups is 1. The van der Waals surface area contributed by atoms with Crippen LogP contribution in [-0.2, 0) is 6.42 Å². The van der Waals surface area contributed by atoms with Crippen LogP contribution in [0.5, 0.6) is 0 Å². The average molecular weight is 348 g/mol. The average Bonchev–Trinajstić information content (AvgIpc) is 3.17. The first-order chi connectivity index (χ1) is 12.5. The molecule has 0 fully saturated rings. The second-order valence-electron chi connectivity index (χ2n) is 6.75. The van der Waals surface area contributed by atoms with E-state index in [1.54, 1.807) is 12.7 Å². The molecule has 0 saturated heterocycles. The standard InChI is InChI=1S/C21H24N4O/c1-5-16-11-19(25-12-22-23-13-25)10-15(4)20(16)24-21(26)18-8-6-17(7-9-18)14(2)3/h6-14H,5H2,1-4H3,(H,24,26). The molecule has 0 bridgehead atoms. The fourth-order valence-corrected chi connectivity index (χ4v) is 2.99. The van der Waals surface area contributed by atoms with E-state index in [0.29, 0.717) is 11.5 Å². The Kier molecular flexibility index (Phi) is 5.16. The second-order valence-corrected chi connectivity index (χ2v) is 6.75. The number of nitrogens with one attached hydrogen (secondary N) is 1. The number of hydrogen-bond acceptors (Lipinski definition) is 3. The predicted molar refractivity (Wildman–Crippen MR) is 104 cm³/mol. The summed E-state index contributed by atoms with van der Waals surface area (Å²) in [7, 11) is 0. The van der Waals surface area contributed by atoms with E-state index in [1.807, 2.05) is 41.8 Å². The monoisotopic (exact) mass is 348 g/mol. The van der Waals surface area contributed by atoms with E-state index < -0.39 is 0 Å². The van der Waals surface area contributed by atoms with Crippen molar-refractivity contribution < 1.29 is 4.79 Å². The summed E-state index contributed by atoms with van der Waals surface area (Å²) in [6.07, 6.45) is 4.16. The van der Waals surface area contributed by atoms with Crippen LogP contribution in [0.15, 0.2) is 49.1 Å². The zero-order valence-corrected chi connectivity index (χ0v) is 15.7. The van der Waals surface area contributed by atoms with E-state index in [2.05, 4.69) is 42.4 Å². The highest BCUT2D eigenvalue weighted by Crippen LogP contribution is 2.26. The maximum absolute atomic E-state index is 12.7. The van der Waals surface area contributed by atoms with Crippen molar-refractivity contribution in [2.24, 2.45) is 0 Å². The molecule has 5 heteroatoms. The van der Waals surface area contributed by atoms with Crippen LogP contribution in [0.3, 0.4) is 0 Å². The Balaban J connectivity index is 1.88. The van der Waals surface area contributed by atoms with Gasteiger partial charge in [0.2, 0.25) is 0 Å². The van der Waals surface area contributed by atoms with E-state index in [-0.39, 0.29) is 5.91 Å². The summed E-state index contributed by atoms with van der Waals surface area (Å²) in [5.74, 6) is 0.362. The van der Waals surface area contributed by atoms with Crippen LogP contribution in [0.4, 0.5) is 5.69 Å². The molecule has 26 heavy (non-hydrogen) atoms. The van der Waals surface area contributed by atoms with Gasteiger partial charge in [0.25, 0.3) is 5.91 Å². The molecule has 3 aromatic rings. The number of aromatic nitrogens is 3. The van der Waals surface area contributed by atoms with Crippen molar-refractivity contribution in [3.63, 3.8) is 0 Å². The van der Waals surface area contributed by atoms with Crippen molar-refractivity contribution in [1.82, 2.24) is 14.8 Å². The number of anilines is 1. The lowest BCUT2D eigenvalue weighted by Gasteiger charge is -2.16. The topological polar surface area (TPSA) is 59.8 Å². The van der Waals surface area contributed by atoms with Crippen molar-refractivity contribution in [2.45, 2.75) is 40.0 Å². The molecule has 0 saturated carbocycles. The van der Waals surface area contributed by atoms with E-state index in [4.69, 9.17) is 0 Å². The number of nitrogens with zero attached hydrogens (tertiary/aromatic N) is 3. The first-order valence-corrected chi connectivity index (χ1v) is 8.89. The molecule has 134 valence electrons. The summed E-state index contributed by atoms with van der Waals surface area (Å²) in [5, 5.41) is 10.8. The molecule has 0 atom stereocenters. The van der Waals surface area contributed by atoms with Gasteiger partial charge in [0.15, 0.2) is 0 Å². The van der Waals surface area contributed by atoms with Gasteiger partial charge in [0.1, 0.15) is 12.7 Å². The predicted octanol–water partition coefficient (Wildman–Crippen LogP) is 4.51. The van der Waals surface area contributed by atoms with Gasteiger partial charge in [-0.2, -0.15) is 0 Å². The molecule has 3 rings (SSSR count). The van der Waals surface area contributed by atoms with Gasteiger partial charge in [-0.05, 0) is 60.2 Å². The van der Waals surface area contributed by atoms with Gasteiger partial charge in [0, 0.05) is 16.9 Å². The molecule has 0 unspecified atom stereocenters. The molecule has 2 aromatic carbocycles. The summed E-state index contributed by atoms with van der Waals surface area (Å²) in [6, 6.07) is 11.9. The van der Waals surface area contributed by atoms with Crippen molar-refractivity contribution in [3.05, 3.63) is 71.3 Å². The van der Waals surface area contributed by atoms with Gasteiger partial charge in [-0.15, -0.1) is 10.2 Å². The number of benzene rings is 2. The molecule has 0 radical (unpaired) electrons. The van der Waals surface area contributed by atoms with Gasteiger partial charge in [-0.3, -0.25) is 9.36 Å². The van der Waals surface area contributed by atoms with Crippen LogP contribution in [0, 0.1) is 6.92 Å². The number of hydrogen-bond donors (Lipinski definition) is 1. The first-order valence-electron chi connectivity index (χ1n) is 8.89. The Hall–Kier alpha value is -2.95. The molecule has 1 heterocycles. The third-order valence-corrected chi connectivity index (χ3v) is 4.58. The molecular weight excluding hydrogens is 324 g/mol. The number of amides is 1. The van der Waals surface area contributed by atoms with Crippen LogP contribution >= 0.6 is 0 Å². The van der Waals surface area contributed by atoms with Crippen LogP contribution in [0.2, 0.25) is 0 Å². The summed E-state index contributed by atoms with van der Waals surface area (Å²) >= 11 is 0. The summed E-state index contributed by atoms with van der Waals surface area (Å²) in [4.78, 5) is 12.7. The molecule has 5 nitrogen and oxygen atoms in total. The fraction of sp³-hybridized carbons (Fsp3) is 0.286. The van der Waals surface area contributed by atoms with Gasteiger partial charge >= 0.3 is 0 Å². The maximum Gasteiger partial charge on any atom is 0.255 e. The Labute approximate surface area is 154 Å². The summed E-state index contributed by atoms with van der Waals surface area (Å²) in [6.45, 7) is 8.37. The van der Waals surface area contributed by atoms with Crippen molar-refractivity contribution >= 4 is 11.6 Å². The Morgan fingerprint density at radius 1 is 1.12 bits per heavy atom. The Morgan fingerprint density at radius 2 is 1.77 bits per heavy atom. The highest BCUT2D eigenvalue weighted by Gasteiger charge is 2.13. The zero-order chi connectivity index (χ0) is 18.7. The van der Waals surface area contributed by atoms with Crippen LogP contribution < -0.4 is 5.32 Å².